The highest BCUT2D eigenvalue weighted by Crippen LogP contribution is 2.31. The van der Waals surface area contributed by atoms with Crippen LogP contribution in [0, 0.1) is 5.92 Å². The standard InChI is InChI=1S/C19H17ClO4/c20-14-5-3-4-12(10-14)18(21)16-6-1-2-7-17(16)24-15-9-8-13(11-15)19(22)23/h1-7,10,13,15H,8-9,11H2,(H,22,23)/t13-,15-/m0/s1. The molecule has 2 aromatic carbocycles. The van der Waals surface area contributed by atoms with Crippen LogP contribution in [0.3, 0.4) is 0 Å². The van der Waals surface area contributed by atoms with Gasteiger partial charge in [0.15, 0.2) is 5.78 Å². The van der Waals surface area contributed by atoms with Gasteiger partial charge in [-0.15, -0.1) is 0 Å². The van der Waals surface area contributed by atoms with Gasteiger partial charge in [-0.2, -0.15) is 0 Å². The molecule has 1 aliphatic carbocycles. The summed E-state index contributed by atoms with van der Waals surface area (Å²) >= 11 is 5.96. The minimum absolute atomic E-state index is 0.166. The molecular weight excluding hydrogens is 328 g/mol. The van der Waals surface area contributed by atoms with E-state index in [2.05, 4.69) is 0 Å². The molecule has 1 fully saturated rings. The summed E-state index contributed by atoms with van der Waals surface area (Å²) < 4.78 is 5.94. The molecule has 1 saturated carbocycles. The number of benzene rings is 2. The van der Waals surface area contributed by atoms with Crippen LogP contribution >= 0.6 is 11.6 Å². The molecule has 3 rings (SSSR count). The number of carboxylic acid groups (broad SMARTS) is 1. The van der Waals surface area contributed by atoms with Crippen molar-refractivity contribution >= 4 is 23.4 Å². The van der Waals surface area contributed by atoms with Gasteiger partial charge in [0.1, 0.15) is 5.75 Å². The van der Waals surface area contributed by atoms with Crippen LogP contribution in [0.1, 0.15) is 35.2 Å². The smallest absolute Gasteiger partial charge is 0.306 e. The van der Waals surface area contributed by atoms with Crippen LogP contribution in [0.4, 0.5) is 0 Å². The molecule has 0 heterocycles. The van der Waals surface area contributed by atoms with Gasteiger partial charge in [0.05, 0.1) is 17.6 Å². The summed E-state index contributed by atoms with van der Waals surface area (Å²) in [4.78, 5) is 23.8. The molecule has 0 amide bonds. The maximum atomic E-state index is 12.7. The van der Waals surface area contributed by atoms with Crippen LogP contribution in [0.5, 0.6) is 5.75 Å². The summed E-state index contributed by atoms with van der Waals surface area (Å²) in [6.07, 6.45) is 1.57. The second kappa shape index (κ2) is 7.05. The van der Waals surface area contributed by atoms with Gasteiger partial charge < -0.3 is 9.84 Å². The van der Waals surface area contributed by atoms with Crippen LogP contribution < -0.4 is 4.74 Å². The molecule has 0 radical (unpaired) electrons. The van der Waals surface area contributed by atoms with Crippen molar-refractivity contribution in [2.24, 2.45) is 5.92 Å². The first-order valence-corrected chi connectivity index (χ1v) is 8.21. The maximum absolute atomic E-state index is 12.7. The van der Waals surface area contributed by atoms with E-state index >= 15 is 0 Å². The number of carboxylic acids is 1. The molecule has 0 saturated heterocycles. The first-order valence-electron chi connectivity index (χ1n) is 7.83. The third kappa shape index (κ3) is 3.60. The molecule has 0 unspecified atom stereocenters. The van der Waals surface area contributed by atoms with Gasteiger partial charge >= 0.3 is 5.97 Å². The second-order valence-electron chi connectivity index (χ2n) is 5.92. The first kappa shape index (κ1) is 16.5. The number of para-hydroxylation sites is 1. The predicted octanol–water partition coefficient (Wildman–Crippen LogP) is 4.20. The van der Waals surface area contributed by atoms with Crippen molar-refractivity contribution < 1.29 is 19.4 Å². The van der Waals surface area contributed by atoms with Crippen LogP contribution in [-0.2, 0) is 4.79 Å². The van der Waals surface area contributed by atoms with Gasteiger partial charge in [-0.05, 0) is 43.5 Å². The van der Waals surface area contributed by atoms with E-state index in [1.54, 1.807) is 48.5 Å². The minimum Gasteiger partial charge on any atom is -0.490 e. The zero-order valence-corrected chi connectivity index (χ0v) is 13.7. The molecule has 0 bridgehead atoms. The largest absolute Gasteiger partial charge is 0.490 e. The van der Waals surface area contributed by atoms with Crippen molar-refractivity contribution in [2.75, 3.05) is 0 Å². The van der Waals surface area contributed by atoms with E-state index in [1.807, 2.05) is 0 Å². The van der Waals surface area contributed by atoms with Gasteiger partial charge in [0, 0.05) is 10.6 Å². The summed E-state index contributed by atoms with van der Waals surface area (Å²) in [7, 11) is 0. The molecule has 1 N–H and O–H groups in total. The number of carbonyl (C=O) groups is 2. The Labute approximate surface area is 145 Å². The lowest BCUT2D eigenvalue weighted by Gasteiger charge is -2.16. The second-order valence-corrected chi connectivity index (χ2v) is 6.36. The van der Waals surface area contributed by atoms with Gasteiger partial charge in [0.2, 0.25) is 0 Å². The third-order valence-electron chi connectivity index (χ3n) is 4.25. The SMILES string of the molecule is O=C(c1cccc(Cl)c1)c1ccccc1O[C@H]1CC[C@H](C(=O)O)C1. The number of aliphatic carboxylic acids is 1. The monoisotopic (exact) mass is 344 g/mol. The maximum Gasteiger partial charge on any atom is 0.306 e. The van der Waals surface area contributed by atoms with E-state index in [9.17, 15) is 9.59 Å². The Bertz CT molecular complexity index is 771. The van der Waals surface area contributed by atoms with Crippen molar-refractivity contribution in [3.8, 4) is 5.75 Å². The summed E-state index contributed by atoms with van der Waals surface area (Å²) in [5, 5.41) is 9.59. The molecule has 5 heteroatoms. The molecule has 4 nitrogen and oxygen atoms in total. The molecule has 2 atom stereocenters. The fourth-order valence-corrected chi connectivity index (χ4v) is 3.18. The number of ketones is 1. The zero-order valence-electron chi connectivity index (χ0n) is 12.9. The number of halogens is 1. The summed E-state index contributed by atoms with van der Waals surface area (Å²) in [5.74, 6) is -0.838. The Morgan fingerprint density at radius 2 is 1.88 bits per heavy atom. The number of ether oxygens (including phenoxy) is 1. The van der Waals surface area contributed by atoms with E-state index in [0.717, 1.165) is 0 Å². The van der Waals surface area contributed by atoms with Gasteiger partial charge in [-0.1, -0.05) is 35.9 Å². The molecule has 2 aromatic rings. The molecule has 0 spiro atoms. The highest BCUT2D eigenvalue weighted by molar-refractivity contribution is 6.31. The minimum atomic E-state index is -0.788. The normalized spacial score (nSPS) is 19.9. The predicted molar refractivity (Wildman–Crippen MR) is 90.7 cm³/mol. The average Bonchev–Trinajstić information content (AvgIpc) is 3.04. The van der Waals surface area contributed by atoms with Crippen molar-refractivity contribution in [1.29, 1.82) is 0 Å². The van der Waals surface area contributed by atoms with Crippen LogP contribution in [0.25, 0.3) is 0 Å². The van der Waals surface area contributed by atoms with Crippen molar-refractivity contribution in [1.82, 2.24) is 0 Å². The van der Waals surface area contributed by atoms with Gasteiger partial charge in [-0.3, -0.25) is 9.59 Å². The fourth-order valence-electron chi connectivity index (χ4n) is 2.99. The van der Waals surface area contributed by atoms with Crippen molar-refractivity contribution in [3.05, 3.63) is 64.7 Å². The van der Waals surface area contributed by atoms with Crippen LogP contribution in [0.2, 0.25) is 5.02 Å². The van der Waals surface area contributed by atoms with Crippen molar-refractivity contribution in [3.63, 3.8) is 0 Å². The Kier molecular flexibility index (Phi) is 4.86. The molecule has 24 heavy (non-hydrogen) atoms. The van der Waals surface area contributed by atoms with E-state index in [-0.39, 0.29) is 17.8 Å². The molecule has 0 aromatic heterocycles. The van der Waals surface area contributed by atoms with Crippen LogP contribution in [0.15, 0.2) is 48.5 Å². The fraction of sp³-hybridized carbons (Fsp3) is 0.263. The zero-order chi connectivity index (χ0) is 17.1. The lowest BCUT2D eigenvalue weighted by Crippen LogP contribution is -2.17. The Hall–Kier alpha value is -2.33. The van der Waals surface area contributed by atoms with E-state index in [0.29, 0.717) is 41.2 Å². The van der Waals surface area contributed by atoms with E-state index in [1.165, 1.54) is 0 Å². The lowest BCUT2D eigenvalue weighted by atomic mass is 10.0. The Balaban J connectivity index is 1.81. The Morgan fingerprint density at radius 1 is 1.08 bits per heavy atom. The molecule has 0 aliphatic heterocycles. The molecular formula is C19H17ClO4. The van der Waals surface area contributed by atoms with E-state index < -0.39 is 5.97 Å². The number of carbonyl (C=O) groups excluding carboxylic acids is 1. The molecule has 1 aliphatic rings. The number of rotatable bonds is 5. The lowest BCUT2D eigenvalue weighted by molar-refractivity contribution is -0.141. The van der Waals surface area contributed by atoms with Crippen LogP contribution in [-0.4, -0.2) is 23.0 Å². The number of hydrogen-bond donors (Lipinski definition) is 1. The summed E-state index contributed by atoms with van der Waals surface area (Å²) in [5.41, 5.74) is 0.951. The third-order valence-corrected chi connectivity index (χ3v) is 4.48. The molecule has 124 valence electrons. The van der Waals surface area contributed by atoms with E-state index in [4.69, 9.17) is 21.4 Å². The highest BCUT2D eigenvalue weighted by atomic mass is 35.5. The summed E-state index contributed by atoms with van der Waals surface area (Å²) in [6.45, 7) is 0. The number of hydrogen-bond acceptors (Lipinski definition) is 3. The quantitative estimate of drug-likeness (QED) is 0.825. The van der Waals surface area contributed by atoms with Gasteiger partial charge in [0.25, 0.3) is 0 Å². The van der Waals surface area contributed by atoms with Gasteiger partial charge in [-0.25, -0.2) is 0 Å². The van der Waals surface area contributed by atoms with Crippen molar-refractivity contribution in [2.45, 2.75) is 25.4 Å². The summed E-state index contributed by atoms with van der Waals surface area (Å²) in [6, 6.07) is 13.8. The average molecular weight is 345 g/mol. The highest BCUT2D eigenvalue weighted by Gasteiger charge is 2.31. The first-order chi connectivity index (χ1) is 11.5. The Morgan fingerprint density at radius 3 is 2.58 bits per heavy atom. The topological polar surface area (TPSA) is 63.6 Å².